The lowest BCUT2D eigenvalue weighted by Crippen LogP contribution is -2.43. The Morgan fingerprint density at radius 1 is 1.21 bits per heavy atom. The molecule has 176 valence electrons. The zero-order valence-electron chi connectivity index (χ0n) is 19.5. The molecular weight excluding hydrogens is 450 g/mol. The molecule has 0 aromatic carbocycles. The zero-order chi connectivity index (χ0) is 23.4. The molecule has 10 heteroatoms. The van der Waals surface area contributed by atoms with E-state index < -0.39 is 0 Å². The van der Waals surface area contributed by atoms with E-state index in [2.05, 4.69) is 32.2 Å². The second-order valence-electron chi connectivity index (χ2n) is 9.30. The summed E-state index contributed by atoms with van der Waals surface area (Å²) in [7, 11) is 3.81. The van der Waals surface area contributed by atoms with Gasteiger partial charge in [0.2, 0.25) is 0 Å². The Bertz CT molecular complexity index is 1410. The van der Waals surface area contributed by atoms with Crippen molar-refractivity contribution in [3.63, 3.8) is 0 Å². The quantitative estimate of drug-likeness (QED) is 0.481. The van der Waals surface area contributed by atoms with E-state index in [9.17, 15) is 4.79 Å². The summed E-state index contributed by atoms with van der Waals surface area (Å²) in [6.07, 6.45) is 5.45. The van der Waals surface area contributed by atoms with E-state index in [1.54, 1.807) is 17.8 Å². The maximum atomic E-state index is 13.1. The molecule has 2 fully saturated rings. The topological polar surface area (TPSA) is 87.9 Å². The first-order valence-corrected chi connectivity index (χ1v) is 12.3. The maximum Gasteiger partial charge on any atom is 0.284 e. The van der Waals surface area contributed by atoms with Crippen LogP contribution in [-0.4, -0.2) is 69.7 Å². The van der Waals surface area contributed by atoms with Crippen LogP contribution in [0.1, 0.15) is 34.8 Å². The van der Waals surface area contributed by atoms with Gasteiger partial charge in [0.25, 0.3) is 5.91 Å². The number of hydrogen-bond donors (Lipinski definition) is 1. The van der Waals surface area contributed by atoms with E-state index in [1.165, 1.54) is 37.1 Å². The third kappa shape index (κ3) is 3.48. The van der Waals surface area contributed by atoms with Gasteiger partial charge in [0.15, 0.2) is 10.8 Å². The number of likely N-dealkylation sites (N-methyl/N-ethyl adjacent to an activating group) is 1. The molecule has 0 saturated carbocycles. The Kier molecular flexibility index (Phi) is 4.96. The third-order valence-corrected chi connectivity index (χ3v) is 8.15. The zero-order valence-corrected chi connectivity index (χ0v) is 20.4. The largest absolute Gasteiger partial charge is 0.493 e. The van der Waals surface area contributed by atoms with Crippen LogP contribution < -0.4 is 15.0 Å². The van der Waals surface area contributed by atoms with Crippen LogP contribution in [0.5, 0.6) is 5.75 Å². The van der Waals surface area contributed by atoms with Crippen LogP contribution in [0.25, 0.3) is 15.9 Å². The lowest BCUT2D eigenvalue weighted by molar-refractivity contribution is 0.102. The van der Waals surface area contributed by atoms with Gasteiger partial charge in [-0.1, -0.05) is 11.3 Å². The molecule has 4 aromatic heterocycles. The fourth-order valence-corrected chi connectivity index (χ4v) is 6.13. The molecule has 6 heterocycles. The van der Waals surface area contributed by atoms with E-state index in [4.69, 9.17) is 9.72 Å². The monoisotopic (exact) mass is 477 g/mol. The number of carbonyl (C=O) groups is 1. The number of thiazole rings is 1. The predicted octanol–water partition coefficient (Wildman–Crippen LogP) is 3.58. The summed E-state index contributed by atoms with van der Waals surface area (Å²) in [5, 5.41) is 7.72. The van der Waals surface area contributed by atoms with Crippen LogP contribution in [0.3, 0.4) is 0 Å². The number of anilines is 2. The number of ether oxygens (including phenoxy) is 1. The van der Waals surface area contributed by atoms with Crippen LogP contribution in [0, 0.1) is 6.92 Å². The van der Waals surface area contributed by atoms with Crippen molar-refractivity contribution in [3.05, 3.63) is 41.2 Å². The second-order valence-corrected chi connectivity index (χ2v) is 10.3. The highest BCUT2D eigenvalue weighted by molar-refractivity contribution is 7.20. The molecule has 1 unspecified atom stereocenters. The van der Waals surface area contributed by atoms with Gasteiger partial charge in [-0.05, 0) is 64.0 Å². The summed E-state index contributed by atoms with van der Waals surface area (Å²) in [5.74, 6) is 1.21. The van der Waals surface area contributed by atoms with Gasteiger partial charge >= 0.3 is 0 Å². The second kappa shape index (κ2) is 7.92. The van der Waals surface area contributed by atoms with Crippen LogP contribution in [0.15, 0.2) is 30.5 Å². The lowest BCUT2D eigenvalue weighted by atomic mass is 9.96. The number of aromatic nitrogens is 4. The number of carbonyl (C=O) groups excluding carboxylic acids is 1. The average Bonchev–Trinajstić information content (AvgIpc) is 3.59. The SMILES string of the molecule is COc1cn2nc(C)cc2cc1NC(=O)c1nc2ccc(N3CCC4(CCCN4C)C3)nc2s1. The first-order chi connectivity index (χ1) is 16.4. The molecule has 6 rings (SSSR count). The fourth-order valence-electron chi connectivity index (χ4n) is 5.31. The van der Waals surface area contributed by atoms with E-state index in [0.717, 1.165) is 40.5 Å². The van der Waals surface area contributed by atoms with Crippen LogP contribution in [-0.2, 0) is 0 Å². The predicted molar refractivity (Wildman–Crippen MR) is 133 cm³/mol. The van der Waals surface area contributed by atoms with Gasteiger partial charge in [-0.3, -0.25) is 9.69 Å². The fraction of sp³-hybridized carbons (Fsp3) is 0.417. The first-order valence-electron chi connectivity index (χ1n) is 11.5. The van der Waals surface area contributed by atoms with Crippen LogP contribution in [0.4, 0.5) is 11.5 Å². The molecule has 1 atom stereocenters. The maximum absolute atomic E-state index is 13.1. The summed E-state index contributed by atoms with van der Waals surface area (Å²) in [6.45, 7) is 5.11. The molecule has 0 radical (unpaired) electrons. The number of nitrogens with one attached hydrogen (secondary N) is 1. The molecule has 2 aliphatic heterocycles. The Morgan fingerprint density at radius 3 is 2.88 bits per heavy atom. The van der Waals surface area contributed by atoms with Crippen molar-refractivity contribution < 1.29 is 9.53 Å². The average molecular weight is 478 g/mol. The molecule has 0 bridgehead atoms. The van der Waals surface area contributed by atoms with Crippen molar-refractivity contribution in [3.8, 4) is 5.75 Å². The minimum absolute atomic E-state index is 0.281. The molecule has 0 aliphatic carbocycles. The third-order valence-electron chi connectivity index (χ3n) is 7.19. The number of pyridine rings is 2. The molecule has 4 aromatic rings. The highest BCUT2D eigenvalue weighted by Crippen LogP contribution is 2.38. The number of rotatable bonds is 4. The highest BCUT2D eigenvalue weighted by atomic mass is 32.1. The molecule has 34 heavy (non-hydrogen) atoms. The number of fused-ring (bicyclic) bond motifs is 2. The van der Waals surface area contributed by atoms with Gasteiger partial charge in [0, 0.05) is 18.6 Å². The molecule has 1 N–H and O–H groups in total. The van der Waals surface area contributed by atoms with Crippen LogP contribution >= 0.6 is 11.3 Å². The summed E-state index contributed by atoms with van der Waals surface area (Å²) in [5.41, 5.74) is 3.36. The Labute approximate surface area is 201 Å². The molecular formula is C24H27N7O2S. The molecule has 9 nitrogen and oxygen atoms in total. The summed E-state index contributed by atoms with van der Waals surface area (Å²) in [4.78, 5) is 28.1. The number of nitrogens with zero attached hydrogens (tertiary/aromatic N) is 6. The standard InChI is InChI=1S/C24H27N7O2S/c1-15-11-16-12-18(19(33-3)13-31(16)28-15)25-21(32)23-26-17-5-6-20(27-22(17)34-23)30-10-8-24(14-30)7-4-9-29(24)2/h5-6,11-13H,4,7-10,14H2,1-3H3,(H,25,32). The van der Waals surface area contributed by atoms with Gasteiger partial charge < -0.3 is 15.0 Å². The molecule has 1 amide bonds. The van der Waals surface area contributed by atoms with Gasteiger partial charge in [-0.2, -0.15) is 5.10 Å². The highest BCUT2D eigenvalue weighted by Gasteiger charge is 2.44. The van der Waals surface area contributed by atoms with Crippen molar-refractivity contribution >= 4 is 44.6 Å². The van der Waals surface area contributed by atoms with Gasteiger partial charge in [-0.15, -0.1) is 0 Å². The number of methoxy groups -OCH3 is 1. The number of hydrogen-bond acceptors (Lipinski definition) is 8. The lowest BCUT2D eigenvalue weighted by Gasteiger charge is -2.32. The smallest absolute Gasteiger partial charge is 0.284 e. The van der Waals surface area contributed by atoms with Gasteiger partial charge in [0.05, 0.1) is 30.2 Å². The Morgan fingerprint density at radius 2 is 2.09 bits per heavy atom. The summed E-state index contributed by atoms with van der Waals surface area (Å²) < 4.78 is 7.20. The first kappa shape index (κ1) is 21.3. The van der Waals surface area contributed by atoms with E-state index >= 15 is 0 Å². The van der Waals surface area contributed by atoms with Gasteiger partial charge in [0.1, 0.15) is 16.2 Å². The van der Waals surface area contributed by atoms with E-state index in [1.807, 2.05) is 31.2 Å². The van der Waals surface area contributed by atoms with Crippen molar-refractivity contribution in [2.45, 2.75) is 31.7 Å². The molecule has 2 aliphatic rings. The number of likely N-dealkylation sites (tertiary alicyclic amines) is 1. The van der Waals surface area contributed by atoms with Gasteiger partial charge in [-0.25, -0.2) is 14.5 Å². The minimum atomic E-state index is -0.281. The molecule has 1 spiro atoms. The summed E-state index contributed by atoms with van der Waals surface area (Å²) >= 11 is 1.31. The van der Waals surface area contributed by atoms with E-state index in [0.29, 0.717) is 16.4 Å². The van der Waals surface area contributed by atoms with E-state index in [-0.39, 0.29) is 11.4 Å². The van der Waals surface area contributed by atoms with Crippen molar-refractivity contribution in [2.24, 2.45) is 0 Å². The molecule has 2 saturated heterocycles. The normalized spacial score (nSPS) is 20.7. The van der Waals surface area contributed by atoms with Crippen molar-refractivity contribution in [2.75, 3.05) is 44.0 Å². The summed E-state index contributed by atoms with van der Waals surface area (Å²) in [6, 6.07) is 7.79. The van der Waals surface area contributed by atoms with Crippen LogP contribution in [0.2, 0.25) is 0 Å². The number of aryl methyl sites for hydroxylation is 1. The van der Waals surface area contributed by atoms with Crippen molar-refractivity contribution in [1.29, 1.82) is 0 Å². The minimum Gasteiger partial charge on any atom is -0.493 e. The Hall–Kier alpha value is -3.24. The van der Waals surface area contributed by atoms with Crippen molar-refractivity contribution in [1.82, 2.24) is 24.5 Å². The Balaban J connectivity index is 1.24. The number of amides is 1.